The number of hydrogen-bond donors (Lipinski definition) is 0. The summed E-state index contributed by atoms with van der Waals surface area (Å²) in [5, 5.41) is 4.72. The van der Waals surface area contributed by atoms with E-state index in [2.05, 4.69) is 299 Å². The topological polar surface area (TPSA) is 13.0 Å². The molecule has 0 atom stereocenters. The summed E-state index contributed by atoms with van der Waals surface area (Å²) in [5.41, 5.74) is 16.0. The summed E-state index contributed by atoms with van der Waals surface area (Å²) in [7, 11) is 0. The average molecular weight is 983 g/mol. The molecule has 0 amide bonds. The predicted octanol–water partition coefficient (Wildman–Crippen LogP) is 20.5. The van der Waals surface area contributed by atoms with Gasteiger partial charge in [-0.15, -0.1) is 0 Å². The molecular weight excluding hydrogens is 937 g/mol. The van der Waals surface area contributed by atoms with E-state index >= 15 is 0 Å². The van der Waals surface area contributed by atoms with E-state index in [4.69, 9.17) is 0 Å². The molecule has 0 aliphatic carbocycles. The Morgan fingerprint density at radius 1 is 0.216 bits per heavy atom. The predicted molar refractivity (Wildman–Crippen MR) is 314 cm³/mol. The van der Waals surface area contributed by atoms with Gasteiger partial charge in [-0.05, 0) is 132 Å². The summed E-state index contributed by atoms with van der Waals surface area (Å²) in [6, 6.07) is 101. The van der Waals surface area contributed by atoms with Gasteiger partial charge in [0.1, 0.15) is 0 Å². The molecule has 6 heteroatoms. The molecule has 0 fully saturated rings. The minimum atomic E-state index is 1.08. The molecule has 0 spiro atoms. The third-order valence-electron chi connectivity index (χ3n) is 14.2. The molecule has 12 aromatic rings. The zero-order valence-electron chi connectivity index (χ0n) is 40.2. The van der Waals surface area contributed by atoms with E-state index in [0.717, 1.165) is 56.6 Å². The molecule has 0 radical (unpaired) electrons. The summed E-state index contributed by atoms with van der Waals surface area (Å²) in [6.07, 6.45) is 0. The SMILES string of the molecule is c1ccc(N(c2ccc(-c3ccc(N(c4ccccc4)c4ccc(N5c6ccccc6Sc6ccccc65)c5ccccc45)cc3)cc2)c2ccc(N3c4ccccc4Sc4ccccc43)c3ccccc23)cc1. The monoisotopic (exact) mass is 982 g/mol. The van der Waals surface area contributed by atoms with Gasteiger partial charge >= 0.3 is 0 Å². The Balaban J connectivity index is 0.824. The highest BCUT2D eigenvalue weighted by molar-refractivity contribution is 8.00. The smallest absolute Gasteiger partial charge is 0.0601 e. The normalized spacial score (nSPS) is 12.4. The Morgan fingerprint density at radius 3 is 0.851 bits per heavy atom. The van der Waals surface area contributed by atoms with Crippen LogP contribution >= 0.6 is 23.5 Å². The van der Waals surface area contributed by atoms with Crippen molar-refractivity contribution >= 4 is 113 Å². The molecule has 0 bridgehead atoms. The van der Waals surface area contributed by atoms with Gasteiger partial charge < -0.3 is 19.6 Å². The van der Waals surface area contributed by atoms with Crippen molar-refractivity contribution in [2.24, 2.45) is 0 Å². The summed E-state index contributed by atoms with van der Waals surface area (Å²) >= 11 is 3.67. The van der Waals surface area contributed by atoms with Crippen molar-refractivity contribution in [1.82, 2.24) is 0 Å². The lowest BCUT2D eigenvalue weighted by atomic mass is 10.0. The van der Waals surface area contributed by atoms with Gasteiger partial charge in [0, 0.05) is 63.9 Å². The standard InChI is InChI=1S/C68H46N4S2/c1-3-19-49(20-4-1)69(57-43-45-59(55-25-9-7-23-53(55)57)71-61-27-11-15-31-65(61)73-66-32-16-12-28-62(66)71)51-39-35-47(36-40-51)48-37-41-52(42-38-48)70(50-21-5-2-6-22-50)58-44-46-60(56-26-10-8-24-54(56)58)72-63-29-13-17-33-67(63)74-68-34-18-14-30-64(68)72/h1-46H. The highest BCUT2D eigenvalue weighted by atomic mass is 32.2. The summed E-state index contributed by atoms with van der Waals surface area (Å²) in [4.78, 5) is 14.6. The van der Waals surface area contributed by atoms with E-state index in [9.17, 15) is 0 Å². The maximum atomic E-state index is 2.44. The quantitative estimate of drug-likeness (QED) is 0.142. The van der Waals surface area contributed by atoms with E-state index in [1.165, 1.54) is 63.9 Å². The molecule has 0 saturated carbocycles. The Bertz CT molecular complexity index is 3690. The van der Waals surface area contributed by atoms with Gasteiger partial charge in [-0.25, -0.2) is 0 Å². The maximum absolute atomic E-state index is 2.44. The van der Waals surface area contributed by atoms with Crippen LogP contribution in [0.15, 0.2) is 299 Å². The highest BCUT2D eigenvalue weighted by Crippen LogP contribution is 2.55. The molecule has 12 aromatic carbocycles. The van der Waals surface area contributed by atoms with Crippen LogP contribution in [0.1, 0.15) is 0 Å². The first kappa shape index (κ1) is 43.8. The molecule has 0 unspecified atom stereocenters. The molecular formula is C68H46N4S2. The Morgan fingerprint density at radius 2 is 0.500 bits per heavy atom. The molecule has 2 aliphatic heterocycles. The van der Waals surface area contributed by atoms with Crippen LogP contribution in [0, 0.1) is 0 Å². The van der Waals surface area contributed by atoms with Crippen molar-refractivity contribution < 1.29 is 0 Å². The van der Waals surface area contributed by atoms with Crippen molar-refractivity contribution in [2.45, 2.75) is 19.6 Å². The highest BCUT2D eigenvalue weighted by Gasteiger charge is 2.29. The largest absolute Gasteiger partial charge is 0.310 e. The van der Waals surface area contributed by atoms with Crippen LogP contribution in [0.3, 0.4) is 0 Å². The summed E-state index contributed by atoms with van der Waals surface area (Å²) in [5.74, 6) is 0. The third kappa shape index (κ3) is 7.57. The van der Waals surface area contributed by atoms with E-state index in [1.807, 2.05) is 23.5 Å². The molecule has 14 rings (SSSR count). The van der Waals surface area contributed by atoms with Gasteiger partial charge in [0.2, 0.25) is 0 Å². The van der Waals surface area contributed by atoms with Crippen molar-refractivity contribution in [3.05, 3.63) is 279 Å². The van der Waals surface area contributed by atoms with Crippen molar-refractivity contribution in [3.63, 3.8) is 0 Å². The van der Waals surface area contributed by atoms with E-state index in [0.29, 0.717) is 0 Å². The Hall–Kier alpha value is -8.94. The Labute approximate surface area is 440 Å². The minimum Gasteiger partial charge on any atom is -0.310 e. The van der Waals surface area contributed by atoms with Crippen LogP contribution in [0.25, 0.3) is 32.7 Å². The molecule has 74 heavy (non-hydrogen) atoms. The number of hydrogen-bond acceptors (Lipinski definition) is 6. The molecule has 0 saturated heterocycles. The molecule has 0 aromatic heterocycles. The van der Waals surface area contributed by atoms with Crippen LogP contribution in [0.5, 0.6) is 0 Å². The summed E-state index contributed by atoms with van der Waals surface area (Å²) in [6.45, 7) is 0. The lowest BCUT2D eigenvalue weighted by Gasteiger charge is -2.34. The first-order chi connectivity index (χ1) is 36.7. The number of nitrogens with zero attached hydrogens (tertiary/aromatic N) is 4. The van der Waals surface area contributed by atoms with E-state index in [1.54, 1.807) is 0 Å². The third-order valence-corrected chi connectivity index (χ3v) is 16.5. The van der Waals surface area contributed by atoms with Gasteiger partial charge in [-0.2, -0.15) is 0 Å². The zero-order valence-corrected chi connectivity index (χ0v) is 41.8. The Kier molecular flexibility index (Phi) is 11.0. The number of para-hydroxylation sites is 6. The van der Waals surface area contributed by atoms with Gasteiger partial charge in [-0.1, -0.05) is 181 Å². The minimum absolute atomic E-state index is 1.08. The zero-order chi connectivity index (χ0) is 49.0. The molecule has 0 N–H and O–H groups in total. The second-order valence-corrected chi connectivity index (χ2v) is 20.6. The van der Waals surface area contributed by atoms with Crippen molar-refractivity contribution in [1.29, 1.82) is 0 Å². The number of fused-ring (bicyclic) bond motifs is 6. The van der Waals surface area contributed by atoms with Crippen LogP contribution in [0.2, 0.25) is 0 Å². The van der Waals surface area contributed by atoms with Gasteiger partial charge in [-0.3, -0.25) is 0 Å². The molecule has 2 aliphatic rings. The first-order valence-corrected chi connectivity index (χ1v) is 26.6. The number of rotatable bonds is 9. The number of benzene rings is 12. The van der Waals surface area contributed by atoms with Crippen LogP contribution in [0.4, 0.5) is 68.2 Å². The fourth-order valence-corrected chi connectivity index (χ4v) is 13.0. The lowest BCUT2D eigenvalue weighted by molar-refractivity contribution is 1.17. The van der Waals surface area contributed by atoms with Crippen LogP contribution < -0.4 is 19.6 Å². The molecule has 2 heterocycles. The first-order valence-electron chi connectivity index (χ1n) is 25.0. The second-order valence-electron chi connectivity index (χ2n) is 18.5. The van der Waals surface area contributed by atoms with E-state index in [-0.39, 0.29) is 0 Å². The second kappa shape index (κ2) is 18.6. The number of anilines is 12. The fraction of sp³-hybridized carbons (Fsp3) is 0. The van der Waals surface area contributed by atoms with Crippen LogP contribution in [-0.2, 0) is 0 Å². The maximum Gasteiger partial charge on any atom is 0.0601 e. The molecule has 4 nitrogen and oxygen atoms in total. The van der Waals surface area contributed by atoms with Gasteiger partial charge in [0.05, 0.1) is 45.5 Å². The fourth-order valence-electron chi connectivity index (χ4n) is 10.9. The van der Waals surface area contributed by atoms with Gasteiger partial charge in [0.25, 0.3) is 0 Å². The van der Waals surface area contributed by atoms with Crippen LogP contribution in [-0.4, -0.2) is 0 Å². The van der Waals surface area contributed by atoms with E-state index < -0.39 is 0 Å². The average Bonchev–Trinajstić information content (AvgIpc) is 3.48. The van der Waals surface area contributed by atoms with Crippen molar-refractivity contribution in [2.75, 3.05) is 19.6 Å². The molecule has 350 valence electrons. The van der Waals surface area contributed by atoms with Gasteiger partial charge in [0.15, 0.2) is 0 Å². The summed E-state index contributed by atoms with van der Waals surface area (Å²) < 4.78 is 0. The lowest BCUT2D eigenvalue weighted by Crippen LogP contribution is -2.16. The van der Waals surface area contributed by atoms with Crippen molar-refractivity contribution in [3.8, 4) is 11.1 Å².